The van der Waals surface area contributed by atoms with E-state index in [0.717, 1.165) is 44.6 Å². The van der Waals surface area contributed by atoms with Crippen molar-refractivity contribution in [2.45, 2.75) is 69.2 Å². The fourth-order valence-electron chi connectivity index (χ4n) is 7.30. The van der Waals surface area contributed by atoms with E-state index in [2.05, 4.69) is 26.5 Å². The number of nitrogens with one attached hydrogen (secondary N) is 1. The molecule has 0 amide bonds. The Kier molecular flexibility index (Phi) is 6.27. The molecule has 0 spiro atoms. The number of imidazole rings is 1. The predicted octanol–water partition coefficient (Wildman–Crippen LogP) is 4.19. The second-order valence-corrected chi connectivity index (χ2v) is 12.1. The molecule has 4 atom stereocenters. The molecular weight excluding hydrogens is 519 g/mol. The van der Waals surface area contributed by atoms with Crippen LogP contribution < -0.4 is 11.0 Å². The maximum absolute atomic E-state index is 14.3. The minimum Gasteiger partial charge on any atom is -0.320 e. The van der Waals surface area contributed by atoms with Gasteiger partial charge in [-0.05, 0) is 61.6 Å². The molecule has 3 aromatic rings. The standard InChI is InChI=1S/C29H34F3N7O/c1-36-17-33-35-27(36)26(19-4-2-5-19)20-6-3-7-23(11-20)38-16-25-24(29(30,31)32)10-18(13-39(25)28(38)40)12-37-14-21-8-9-22(15-37)34-21/h3,6-7,10,13,16-17,19-22,26,34H,2,4-5,8-9,11-12,14-15H2,1H3/t20?,21?,22?,26-/m1/s1. The second kappa shape index (κ2) is 9.73. The number of piperazine rings is 1. The van der Waals surface area contributed by atoms with Crippen molar-refractivity contribution in [1.82, 2.24) is 33.9 Å². The SMILES string of the molecule is Cn1cnnc1[C@@H](C1C=CC=C(n2cc3c(C(F)(F)F)cc(CN4CC5CCC(C4)N5)cn3c2=O)C1)C1CCC1. The monoisotopic (exact) mass is 553 g/mol. The lowest BCUT2D eigenvalue weighted by molar-refractivity contribution is -0.136. The van der Waals surface area contributed by atoms with Gasteiger partial charge >= 0.3 is 11.9 Å². The smallest absolute Gasteiger partial charge is 0.320 e. The lowest BCUT2D eigenvalue weighted by Crippen LogP contribution is -2.50. The van der Waals surface area contributed by atoms with E-state index >= 15 is 0 Å². The summed E-state index contributed by atoms with van der Waals surface area (Å²) in [5.41, 5.74) is -0.155. The average molecular weight is 554 g/mol. The molecule has 1 saturated carbocycles. The molecule has 0 aromatic carbocycles. The zero-order valence-corrected chi connectivity index (χ0v) is 22.5. The largest absolute Gasteiger partial charge is 0.418 e. The van der Waals surface area contributed by atoms with Gasteiger partial charge in [0.1, 0.15) is 12.2 Å². The Morgan fingerprint density at radius 3 is 2.55 bits per heavy atom. The highest BCUT2D eigenvalue weighted by Gasteiger charge is 2.39. The molecule has 11 heteroatoms. The van der Waals surface area contributed by atoms with E-state index in [4.69, 9.17) is 0 Å². The lowest BCUT2D eigenvalue weighted by Gasteiger charge is -2.38. The first-order valence-electron chi connectivity index (χ1n) is 14.3. The van der Waals surface area contributed by atoms with Crippen LogP contribution in [0.4, 0.5) is 13.2 Å². The Labute approximate surface area is 230 Å². The molecule has 7 rings (SSSR count). The van der Waals surface area contributed by atoms with E-state index in [1.54, 1.807) is 12.5 Å². The van der Waals surface area contributed by atoms with Crippen LogP contribution in [-0.2, 0) is 19.8 Å². The van der Waals surface area contributed by atoms with Crippen molar-refractivity contribution in [1.29, 1.82) is 0 Å². The highest BCUT2D eigenvalue weighted by atomic mass is 19.4. The number of aryl methyl sites for hydroxylation is 1. The zero-order chi connectivity index (χ0) is 27.6. The van der Waals surface area contributed by atoms with Gasteiger partial charge < -0.3 is 9.88 Å². The molecule has 1 N–H and O–H groups in total. The molecule has 2 bridgehead atoms. The molecule has 8 nitrogen and oxygen atoms in total. The summed E-state index contributed by atoms with van der Waals surface area (Å²) in [6.07, 6.45) is 12.1. The number of pyridine rings is 1. The van der Waals surface area contributed by atoms with Crippen molar-refractivity contribution in [2.75, 3.05) is 13.1 Å². The zero-order valence-electron chi connectivity index (χ0n) is 22.5. The van der Waals surface area contributed by atoms with Gasteiger partial charge in [0.2, 0.25) is 0 Å². The van der Waals surface area contributed by atoms with Gasteiger partial charge in [-0.15, -0.1) is 10.2 Å². The van der Waals surface area contributed by atoms with E-state index in [0.29, 0.717) is 42.2 Å². The third-order valence-corrected chi connectivity index (χ3v) is 9.39. The number of fused-ring (bicyclic) bond motifs is 3. The maximum atomic E-state index is 14.3. The van der Waals surface area contributed by atoms with Crippen LogP contribution in [-0.4, -0.2) is 53.8 Å². The number of allylic oxidation sites excluding steroid dienone is 4. The van der Waals surface area contributed by atoms with Crippen molar-refractivity contribution in [2.24, 2.45) is 18.9 Å². The number of halogens is 3. The summed E-state index contributed by atoms with van der Waals surface area (Å²) in [6, 6.07) is 2.00. The van der Waals surface area contributed by atoms with E-state index in [1.165, 1.54) is 27.7 Å². The first-order chi connectivity index (χ1) is 19.2. The third kappa shape index (κ3) is 4.52. The van der Waals surface area contributed by atoms with Gasteiger partial charge in [0.15, 0.2) is 0 Å². The number of hydrogen-bond donors (Lipinski definition) is 1. The van der Waals surface area contributed by atoms with Crippen molar-refractivity contribution in [3.63, 3.8) is 0 Å². The van der Waals surface area contributed by atoms with Gasteiger partial charge in [-0.2, -0.15) is 13.2 Å². The molecule has 2 aliphatic carbocycles. The molecule has 3 aromatic heterocycles. The molecule has 40 heavy (non-hydrogen) atoms. The van der Waals surface area contributed by atoms with E-state index in [1.807, 2.05) is 23.8 Å². The number of aromatic nitrogens is 5. The highest BCUT2D eigenvalue weighted by molar-refractivity contribution is 5.61. The maximum Gasteiger partial charge on any atom is 0.418 e. The molecule has 2 saturated heterocycles. The molecule has 0 radical (unpaired) electrons. The van der Waals surface area contributed by atoms with Gasteiger partial charge in [-0.3, -0.25) is 13.9 Å². The first-order valence-corrected chi connectivity index (χ1v) is 14.3. The van der Waals surface area contributed by atoms with Crippen LogP contribution in [0.1, 0.15) is 61.4 Å². The Morgan fingerprint density at radius 2 is 1.90 bits per heavy atom. The van der Waals surface area contributed by atoms with Crippen molar-refractivity contribution >= 4 is 11.2 Å². The highest BCUT2D eigenvalue weighted by Crippen LogP contribution is 2.46. The van der Waals surface area contributed by atoms with Gasteiger partial charge in [0.05, 0.1) is 11.1 Å². The summed E-state index contributed by atoms with van der Waals surface area (Å²) >= 11 is 0. The Hall–Kier alpha value is -3.18. The Bertz CT molecular complexity index is 1530. The molecule has 3 fully saturated rings. The number of likely N-dealkylation sites (tertiary alicyclic amines) is 1. The summed E-state index contributed by atoms with van der Waals surface area (Å²) in [6.45, 7) is 2.00. The normalized spacial score (nSPS) is 26.3. The van der Waals surface area contributed by atoms with Crippen molar-refractivity contribution in [3.05, 3.63) is 70.5 Å². The van der Waals surface area contributed by atoms with Gasteiger partial charge in [-0.25, -0.2) is 4.79 Å². The van der Waals surface area contributed by atoms with Gasteiger partial charge in [0, 0.05) is 62.8 Å². The predicted molar refractivity (Wildman–Crippen MR) is 144 cm³/mol. The van der Waals surface area contributed by atoms with Crippen molar-refractivity contribution < 1.29 is 13.2 Å². The number of nitrogens with zero attached hydrogens (tertiary/aromatic N) is 6. The Balaban J connectivity index is 1.22. The van der Waals surface area contributed by atoms with Crippen molar-refractivity contribution in [3.8, 4) is 0 Å². The first kappa shape index (κ1) is 25.8. The summed E-state index contributed by atoms with van der Waals surface area (Å²) in [7, 11) is 1.94. The van der Waals surface area contributed by atoms with Gasteiger partial charge in [-0.1, -0.05) is 18.6 Å². The summed E-state index contributed by atoms with van der Waals surface area (Å²) < 4.78 is 47.5. The number of alkyl halides is 3. The van der Waals surface area contributed by atoms with E-state index < -0.39 is 17.4 Å². The molecule has 3 unspecified atom stereocenters. The van der Waals surface area contributed by atoms with Crippen LogP contribution in [0, 0.1) is 11.8 Å². The molecule has 5 heterocycles. The lowest BCUT2D eigenvalue weighted by atomic mass is 9.68. The van der Waals surface area contributed by atoms with E-state index in [9.17, 15) is 18.0 Å². The van der Waals surface area contributed by atoms with Gasteiger partial charge in [0.25, 0.3) is 0 Å². The third-order valence-electron chi connectivity index (χ3n) is 9.39. The van der Waals surface area contributed by atoms with Crippen LogP contribution in [0.3, 0.4) is 0 Å². The fourth-order valence-corrected chi connectivity index (χ4v) is 7.30. The average Bonchev–Trinajstić information content (AvgIpc) is 3.57. The molecule has 4 aliphatic rings. The molecule has 212 valence electrons. The summed E-state index contributed by atoms with van der Waals surface area (Å²) in [5.74, 6) is 1.60. The number of rotatable bonds is 6. The van der Waals surface area contributed by atoms with Crippen LogP contribution in [0.2, 0.25) is 0 Å². The minimum absolute atomic E-state index is 0.0730. The second-order valence-electron chi connectivity index (χ2n) is 12.1. The van der Waals surface area contributed by atoms with Crippen LogP contribution >= 0.6 is 0 Å². The molecule has 2 aliphatic heterocycles. The van der Waals surface area contributed by atoms with E-state index in [-0.39, 0.29) is 17.4 Å². The minimum atomic E-state index is -4.58. The van der Waals surface area contributed by atoms with Crippen LogP contribution in [0.15, 0.2) is 47.8 Å². The topological polar surface area (TPSA) is 72.4 Å². The number of hydrogen-bond acceptors (Lipinski definition) is 5. The summed E-state index contributed by atoms with van der Waals surface area (Å²) in [5, 5.41) is 12.1. The fraction of sp³-hybridized carbons (Fsp3) is 0.552. The van der Waals surface area contributed by atoms with Crippen LogP contribution in [0.25, 0.3) is 11.2 Å². The van der Waals surface area contributed by atoms with Crippen LogP contribution in [0.5, 0.6) is 0 Å². The quantitative estimate of drug-likeness (QED) is 0.496. The summed E-state index contributed by atoms with van der Waals surface area (Å²) in [4.78, 5) is 15.9. The molecular formula is C29H34F3N7O. The Morgan fingerprint density at radius 1 is 1.12 bits per heavy atom.